The summed E-state index contributed by atoms with van der Waals surface area (Å²) in [5.74, 6) is 1.45. The fourth-order valence-corrected chi connectivity index (χ4v) is 1.60. The van der Waals surface area contributed by atoms with Gasteiger partial charge in [-0.15, -0.1) is 0 Å². The van der Waals surface area contributed by atoms with Crippen LogP contribution in [0.3, 0.4) is 0 Å². The van der Waals surface area contributed by atoms with E-state index in [0.717, 1.165) is 6.54 Å². The first-order valence-corrected chi connectivity index (χ1v) is 6.51. The molecule has 0 aliphatic carbocycles. The number of rotatable bonds is 8. The van der Waals surface area contributed by atoms with Crippen LogP contribution in [0.5, 0.6) is 0 Å². The van der Waals surface area contributed by atoms with Crippen LogP contribution in [0, 0.1) is 0 Å². The zero-order valence-corrected chi connectivity index (χ0v) is 9.78. The molecule has 0 aromatic heterocycles. The highest BCUT2D eigenvalue weighted by atomic mass is 32.2. The summed E-state index contributed by atoms with van der Waals surface area (Å²) in [6.45, 7) is 5.87. The quantitative estimate of drug-likeness (QED) is 0.560. The standard InChI is InChI=1S/C9H20N2O2S/c1-3-11-9(12)5-6-10-7-8-14(13)4-2/h10H,3-8H2,1-2H3,(H,11,12). The van der Waals surface area contributed by atoms with Gasteiger partial charge in [0.1, 0.15) is 0 Å². The van der Waals surface area contributed by atoms with E-state index < -0.39 is 10.8 Å². The van der Waals surface area contributed by atoms with Crippen molar-refractivity contribution in [2.24, 2.45) is 0 Å². The Morgan fingerprint density at radius 1 is 1.29 bits per heavy atom. The van der Waals surface area contributed by atoms with E-state index in [9.17, 15) is 9.00 Å². The van der Waals surface area contributed by atoms with Gasteiger partial charge in [-0.05, 0) is 6.92 Å². The molecule has 0 bridgehead atoms. The lowest BCUT2D eigenvalue weighted by Crippen LogP contribution is -2.29. The second kappa shape index (κ2) is 9.15. The van der Waals surface area contributed by atoms with Crippen molar-refractivity contribution in [3.8, 4) is 0 Å². The van der Waals surface area contributed by atoms with Gasteiger partial charge in [0.25, 0.3) is 0 Å². The fourth-order valence-electron chi connectivity index (χ4n) is 0.943. The van der Waals surface area contributed by atoms with Crippen LogP contribution < -0.4 is 10.6 Å². The van der Waals surface area contributed by atoms with E-state index in [4.69, 9.17) is 0 Å². The molecule has 0 aliphatic heterocycles. The average molecular weight is 220 g/mol. The maximum atomic E-state index is 11.0. The molecule has 14 heavy (non-hydrogen) atoms. The molecule has 0 aromatic carbocycles. The Bertz CT molecular complexity index is 186. The molecule has 5 heteroatoms. The predicted octanol–water partition coefficient (Wildman–Crippen LogP) is -0.129. The van der Waals surface area contributed by atoms with Crippen LogP contribution in [0.2, 0.25) is 0 Å². The van der Waals surface area contributed by atoms with Crippen molar-refractivity contribution < 1.29 is 9.00 Å². The van der Waals surface area contributed by atoms with E-state index in [0.29, 0.717) is 31.0 Å². The molecule has 84 valence electrons. The first kappa shape index (κ1) is 13.6. The van der Waals surface area contributed by atoms with Crippen molar-refractivity contribution >= 4 is 16.7 Å². The number of hydrogen-bond acceptors (Lipinski definition) is 3. The molecule has 1 amide bonds. The van der Waals surface area contributed by atoms with Gasteiger partial charge in [0.2, 0.25) is 5.91 Å². The second-order valence-corrected chi connectivity index (χ2v) is 4.75. The molecule has 4 nitrogen and oxygen atoms in total. The van der Waals surface area contributed by atoms with Gasteiger partial charge in [0.05, 0.1) is 0 Å². The SMILES string of the molecule is CCNC(=O)CCNCCS(=O)CC. The Labute approximate surface area is 88.3 Å². The van der Waals surface area contributed by atoms with Crippen LogP contribution in [0.1, 0.15) is 20.3 Å². The highest BCUT2D eigenvalue weighted by molar-refractivity contribution is 7.84. The third-order valence-electron chi connectivity index (χ3n) is 1.73. The van der Waals surface area contributed by atoms with Crippen LogP contribution in [0.4, 0.5) is 0 Å². The largest absolute Gasteiger partial charge is 0.356 e. The fraction of sp³-hybridized carbons (Fsp3) is 0.889. The highest BCUT2D eigenvalue weighted by Crippen LogP contribution is 1.80. The zero-order chi connectivity index (χ0) is 10.8. The van der Waals surface area contributed by atoms with Gasteiger partial charge in [-0.2, -0.15) is 0 Å². The minimum absolute atomic E-state index is 0.0663. The Morgan fingerprint density at radius 3 is 2.57 bits per heavy atom. The Hall–Kier alpha value is -0.420. The summed E-state index contributed by atoms with van der Waals surface area (Å²) >= 11 is 0. The van der Waals surface area contributed by atoms with Crippen molar-refractivity contribution in [2.75, 3.05) is 31.1 Å². The summed E-state index contributed by atoms with van der Waals surface area (Å²) < 4.78 is 11.0. The average Bonchev–Trinajstić information content (AvgIpc) is 2.17. The topological polar surface area (TPSA) is 58.2 Å². The number of carbonyl (C=O) groups excluding carboxylic acids is 1. The molecule has 1 atom stereocenters. The van der Waals surface area contributed by atoms with Gasteiger partial charge in [0.15, 0.2) is 0 Å². The third kappa shape index (κ3) is 8.19. The lowest BCUT2D eigenvalue weighted by atomic mass is 10.4. The number of carbonyl (C=O) groups is 1. The van der Waals surface area contributed by atoms with Crippen molar-refractivity contribution in [1.82, 2.24) is 10.6 Å². The Balaban J connectivity index is 3.21. The summed E-state index contributed by atoms with van der Waals surface area (Å²) in [6, 6.07) is 0. The smallest absolute Gasteiger partial charge is 0.221 e. The monoisotopic (exact) mass is 220 g/mol. The molecular formula is C9H20N2O2S. The van der Waals surface area contributed by atoms with Gasteiger partial charge >= 0.3 is 0 Å². The van der Waals surface area contributed by atoms with E-state index in [1.54, 1.807) is 0 Å². The van der Waals surface area contributed by atoms with Crippen LogP contribution in [0.25, 0.3) is 0 Å². The Kier molecular flexibility index (Phi) is 8.87. The first-order chi connectivity index (χ1) is 6.70. The molecule has 0 saturated heterocycles. The normalized spacial score (nSPS) is 12.4. The van der Waals surface area contributed by atoms with Crippen LogP contribution in [0.15, 0.2) is 0 Å². The maximum Gasteiger partial charge on any atom is 0.221 e. The van der Waals surface area contributed by atoms with E-state index in [-0.39, 0.29) is 5.91 Å². The number of hydrogen-bond donors (Lipinski definition) is 2. The molecule has 0 aliphatic rings. The van der Waals surface area contributed by atoms with E-state index in [1.165, 1.54) is 0 Å². The minimum Gasteiger partial charge on any atom is -0.356 e. The van der Waals surface area contributed by atoms with Crippen LogP contribution >= 0.6 is 0 Å². The molecule has 0 aromatic rings. The van der Waals surface area contributed by atoms with Gasteiger partial charge in [-0.3, -0.25) is 9.00 Å². The third-order valence-corrected chi connectivity index (χ3v) is 3.03. The lowest BCUT2D eigenvalue weighted by Gasteiger charge is -2.04. The van der Waals surface area contributed by atoms with Gasteiger partial charge < -0.3 is 10.6 Å². The Morgan fingerprint density at radius 2 is 2.00 bits per heavy atom. The second-order valence-electron chi connectivity index (χ2n) is 2.89. The van der Waals surface area contributed by atoms with Crippen molar-refractivity contribution in [2.45, 2.75) is 20.3 Å². The van der Waals surface area contributed by atoms with E-state index in [2.05, 4.69) is 10.6 Å². The van der Waals surface area contributed by atoms with Crippen molar-refractivity contribution in [3.05, 3.63) is 0 Å². The lowest BCUT2D eigenvalue weighted by molar-refractivity contribution is -0.120. The van der Waals surface area contributed by atoms with Gasteiger partial charge in [-0.25, -0.2) is 0 Å². The molecule has 0 rings (SSSR count). The summed E-state index contributed by atoms with van der Waals surface area (Å²) in [5, 5.41) is 5.80. The molecule has 0 radical (unpaired) electrons. The molecule has 0 heterocycles. The van der Waals surface area contributed by atoms with Gasteiger partial charge in [-0.1, -0.05) is 6.92 Å². The predicted molar refractivity (Wildman–Crippen MR) is 59.7 cm³/mol. The van der Waals surface area contributed by atoms with Crippen molar-refractivity contribution in [1.29, 1.82) is 0 Å². The van der Waals surface area contributed by atoms with E-state index in [1.807, 2.05) is 13.8 Å². The molecule has 0 spiro atoms. The maximum absolute atomic E-state index is 11.0. The molecule has 1 unspecified atom stereocenters. The molecular weight excluding hydrogens is 200 g/mol. The summed E-state index contributed by atoms with van der Waals surface area (Å²) in [4.78, 5) is 11.0. The summed E-state index contributed by atoms with van der Waals surface area (Å²) in [7, 11) is -0.708. The molecule has 2 N–H and O–H groups in total. The summed E-state index contributed by atoms with van der Waals surface area (Å²) in [5.41, 5.74) is 0. The molecule has 0 fully saturated rings. The van der Waals surface area contributed by atoms with E-state index >= 15 is 0 Å². The summed E-state index contributed by atoms with van der Waals surface area (Å²) in [6.07, 6.45) is 0.493. The zero-order valence-electron chi connectivity index (χ0n) is 8.97. The molecule has 0 saturated carbocycles. The van der Waals surface area contributed by atoms with Crippen molar-refractivity contribution in [3.63, 3.8) is 0 Å². The van der Waals surface area contributed by atoms with Gasteiger partial charge in [0, 0.05) is 48.4 Å². The highest BCUT2D eigenvalue weighted by Gasteiger charge is 1.98. The first-order valence-electron chi connectivity index (χ1n) is 5.03. The number of amides is 1. The number of nitrogens with one attached hydrogen (secondary N) is 2. The van der Waals surface area contributed by atoms with Crippen LogP contribution in [-0.2, 0) is 15.6 Å². The van der Waals surface area contributed by atoms with Crippen LogP contribution in [-0.4, -0.2) is 41.3 Å². The minimum atomic E-state index is -0.708.